The van der Waals surface area contributed by atoms with E-state index in [1.807, 2.05) is 19.1 Å². The van der Waals surface area contributed by atoms with Crippen molar-refractivity contribution in [2.75, 3.05) is 5.43 Å². The number of nitrogens with zero attached hydrogens (tertiary/aromatic N) is 1. The molecule has 0 saturated heterocycles. The maximum absolute atomic E-state index is 12.6. The number of hydrogen-bond donors (Lipinski definition) is 3. The molecule has 1 aliphatic heterocycles. The van der Waals surface area contributed by atoms with Crippen LogP contribution in [0.4, 0.5) is 5.69 Å². The molecule has 7 heteroatoms. The van der Waals surface area contributed by atoms with Crippen molar-refractivity contribution in [3.8, 4) is 17.2 Å². The summed E-state index contributed by atoms with van der Waals surface area (Å²) >= 11 is 0. The molecule has 0 aliphatic carbocycles. The number of phenols is 2. The van der Waals surface area contributed by atoms with Crippen LogP contribution in [-0.4, -0.2) is 27.7 Å². The molecule has 0 spiro atoms. The standard InChI is InChI=1S/C24H20N2O5/c1-14-2-11-21-19(12-14)23(29)22(24(30)31-21)26-25-17-7-4-15(5-8-17)3-6-16-13-18(27)9-10-20(16)28/h2,4-5,7-13,25,27-28H,3,6H2,1H3. The van der Waals surface area contributed by atoms with Crippen LogP contribution in [0.1, 0.15) is 27.0 Å². The summed E-state index contributed by atoms with van der Waals surface area (Å²) < 4.78 is 5.20. The van der Waals surface area contributed by atoms with Gasteiger partial charge in [-0.15, -0.1) is 0 Å². The van der Waals surface area contributed by atoms with Crippen molar-refractivity contribution in [3.05, 3.63) is 82.9 Å². The number of ketones is 1. The number of aromatic hydroxyl groups is 2. The van der Waals surface area contributed by atoms with Crippen LogP contribution in [-0.2, 0) is 17.6 Å². The lowest BCUT2D eigenvalue weighted by molar-refractivity contribution is -0.127. The molecular weight excluding hydrogens is 396 g/mol. The van der Waals surface area contributed by atoms with Gasteiger partial charge in [-0.2, -0.15) is 5.10 Å². The molecule has 0 unspecified atom stereocenters. The molecule has 4 rings (SSSR count). The third-order valence-electron chi connectivity index (χ3n) is 4.99. The zero-order valence-electron chi connectivity index (χ0n) is 16.8. The molecule has 0 saturated carbocycles. The lowest BCUT2D eigenvalue weighted by Crippen LogP contribution is -2.34. The lowest BCUT2D eigenvalue weighted by atomic mass is 10.0. The average molecular weight is 416 g/mol. The highest BCUT2D eigenvalue weighted by molar-refractivity contribution is 6.69. The molecule has 1 heterocycles. The van der Waals surface area contributed by atoms with Crippen LogP contribution in [0.3, 0.4) is 0 Å². The number of carbonyl (C=O) groups excluding carboxylic acids is 2. The predicted molar refractivity (Wildman–Crippen MR) is 116 cm³/mol. The molecule has 1 aliphatic rings. The average Bonchev–Trinajstić information content (AvgIpc) is 2.76. The van der Waals surface area contributed by atoms with E-state index in [9.17, 15) is 19.8 Å². The van der Waals surface area contributed by atoms with Crippen LogP contribution in [0.25, 0.3) is 0 Å². The number of rotatable bonds is 5. The smallest absolute Gasteiger partial charge is 0.368 e. The molecule has 3 N–H and O–H groups in total. The fraction of sp³-hybridized carbons (Fsp3) is 0.125. The van der Waals surface area contributed by atoms with E-state index in [1.54, 1.807) is 36.4 Å². The van der Waals surface area contributed by atoms with Crippen molar-refractivity contribution in [1.82, 2.24) is 0 Å². The highest BCUT2D eigenvalue weighted by atomic mass is 16.5. The third-order valence-corrected chi connectivity index (χ3v) is 4.99. The first-order valence-electron chi connectivity index (χ1n) is 9.72. The van der Waals surface area contributed by atoms with Crippen molar-refractivity contribution >= 4 is 23.2 Å². The molecule has 0 fully saturated rings. The third kappa shape index (κ3) is 4.40. The molecule has 0 bridgehead atoms. The minimum Gasteiger partial charge on any atom is -0.508 e. The van der Waals surface area contributed by atoms with Crippen molar-refractivity contribution < 1.29 is 24.5 Å². The Labute approximate surface area is 178 Å². The molecule has 0 atom stereocenters. The molecule has 0 aromatic heterocycles. The SMILES string of the molecule is Cc1ccc2c(c1)C(=O)C(=NNc1ccc(CCc3cc(O)ccc3O)cc1)C(=O)O2. The molecular formula is C24H20N2O5. The monoisotopic (exact) mass is 416 g/mol. The Morgan fingerprint density at radius 3 is 2.48 bits per heavy atom. The van der Waals surface area contributed by atoms with Crippen molar-refractivity contribution in [1.29, 1.82) is 0 Å². The molecule has 7 nitrogen and oxygen atoms in total. The van der Waals surface area contributed by atoms with Crippen molar-refractivity contribution in [2.45, 2.75) is 19.8 Å². The van der Waals surface area contributed by atoms with Crippen LogP contribution in [0, 0.1) is 6.92 Å². The first-order chi connectivity index (χ1) is 14.9. The molecule has 0 radical (unpaired) electrons. The summed E-state index contributed by atoms with van der Waals surface area (Å²) in [5.41, 5.74) is 5.90. The van der Waals surface area contributed by atoms with Gasteiger partial charge in [0.1, 0.15) is 17.2 Å². The van der Waals surface area contributed by atoms with Gasteiger partial charge in [0.25, 0.3) is 0 Å². The maximum atomic E-state index is 12.6. The molecule has 31 heavy (non-hydrogen) atoms. The second kappa shape index (κ2) is 8.31. The Balaban J connectivity index is 1.43. The minimum atomic E-state index is -0.795. The summed E-state index contributed by atoms with van der Waals surface area (Å²) in [4.78, 5) is 24.8. The number of nitrogens with one attached hydrogen (secondary N) is 1. The van der Waals surface area contributed by atoms with E-state index >= 15 is 0 Å². The minimum absolute atomic E-state index is 0.111. The van der Waals surface area contributed by atoms with Gasteiger partial charge in [-0.3, -0.25) is 10.2 Å². The highest BCUT2D eigenvalue weighted by Gasteiger charge is 2.32. The number of anilines is 1. The van der Waals surface area contributed by atoms with Crippen LogP contribution in [0.2, 0.25) is 0 Å². The number of carbonyl (C=O) groups is 2. The Morgan fingerprint density at radius 1 is 0.935 bits per heavy atom. The van der Waals surface area contributed by atoms with Crippen LogP contribution in [0.15, 0.2) is 65.8 Å². The van der Waals surface area contributed by atoms with Gasteiger partial charge in [-0.1, -0.05) is 23.8 Å². The summed E-state index contributed by atoms with van der Waals surface area (Å²) in [6.45, 7) is 1.85. The zero-order chi connectivity index (χ0) is 22.0. The van der Waals surface area contributed by atoms with Gasteiger partial charge >= 0.3 is 5.97 Å². The maximum Gasteiger partial charge on any atom is 0.368 e. The summed E-state index contributed by atoms with van der Waals surface area (Å²) in [7, 11) is 0. The van der Waals surface area contributed by atoms with E-state index in [2.05, 4.69) is 10.5 Å². The molecule has 3 aromatic carbocycles. The number of esters is 1. The highest BCUT2D eigenvalue weighted by Crippen LogP contribution is 2.26. The first-order valence-corrected chi connectivity index (χ1v) is 9.72. The number of hydrazone groups is 1. The van der Waals surface area contributed by atoms with Gasteiger partial charge in [0.05, 0.1) is 11.3 Å². The van der Waals surface area contributed by atoms with Crippen molar-refractivity contribution in [3.63, 3.8) is 0 Å². The Hall–Kier alpha value is -4.13. The van der Waals surface area contributed by atoms with Crippen LogP contribution >= 0.6 is 0 Å². The van der Waals surface area contributed by atoms with E-state index in [0.717, 1.165) is 11.1 Å². The molecule has 3 aromatic rings. The van der Waals surface area contributed by atoms with Crippen molar-refractivity contribution in [2.24, 2.45) is 5.10 Å². The van der Waals surface area contributed by atoms with Gasteiger partial charge in [0.15, 0.2) is 0 Å². The van der Waals surface area contributed by atoms with E-state index < -0.39 is 11.8 Å². The number of Topliss-reactive ketones (excluding diaryl/α,β-unsaturated/α-hetero) is 1. The Bertz CT molecular complexity index is 1200. The Kier molecular flexibility index (Phi) is 5.41. The number of hydrogen-bond acceptors (Lipinski definition) is 7. The summed E-state index contributed by atoms with van der Waals surface area (Å²) in [5.74, 6) is -0.782. The largest absolute Gasteiger partial charge is 0.508 e. The number of phenolic OH excluding ortho intramolecular Hbond substituents is 2. The fourth-order valence-corrected chi connectivity index (χ4v) is 3.29. The summed E-state index contributed by atoms with van der Waals surface area (Å²) in [6.07, 6.45) is 1.22. The summed E-state index contributed by atoms with van der Waals surface area (Å²) in [6, 6.07) is 16.8. The first kappa shape index (κ1) is 20.2. The quantitative estimate of drug-likeness (QED) is 0.253. The van der Waals surface area contributed by atoms with Gasteiger partial charge in [0, 0.05) is 0 Å². The lowest BCUT2D eigenvalue weighted by Gasteiger charge is -2.16. The fourth-order valence-electron chi connectivity index (χ4n) is 3.29. The molecule has 156 valence electrons. The number of aryl methyl sites for hydroxylation is 3. The number of ether oxygens (including phenoxy) is 1. The van der Waals surface area contributed by atoms with Gasteiger partial charge < -0.3 is 14.9 Å². The second-order valence-corrected chi connectivity index (χ2v) is 7.30. The predicted octanol–water partition coefficient (Wildman–Crippen LogP) is 3.76. The number of benzene rings is 3. The van der Waals surface area contributed by atoms with Gasteiger partial charge in [-0.25, -0.2) is 4.79 Å². The second-order valence-electron chi connectivity index (χ2n) is 7.30. The van der Waals surface area contributed by atoms with E-state index in [-0.39, 0.29) is 23.0 Å². The van der Waals surface area contributed by atoms with Gasteiger partial charge in [0.2, 0.25) is 11.5 Å². The van der Waals surface area contributed by atoms with Crippen LogP contribution in [0.5, 0.6) is 17.2 Å². The van der Waals surface area contributed by atoms with E-state index in [0.29, 0.717) is 29.7 Å². The topological polar surface area (TPSA) is 108 Å². The normalized spacial score (nSPS) is 14.3. The zero-order valence-corrected chi connectivity index (χ0v) is 16.8. The van der Waals surface area contributed by atoms with Crippen LogP contribution < -0.4 is 10.2 Å². The van der Waals surface area contributed by atoms with E-state index in [1.165, 1.54) is 12.1 Å². The molecule has 0 amide bonds. The summed E-state index contributed by atoms with van der Waals surface area (Å²) in [5, 5.41) is 23.4. The Morgan fingerprint density at radius 2 is 1.71 bits per heavy atom. The number of fused-ring (bicyclic) bond motifs is 1. The van der Waals surface area contributed by atoms with Gasteiger partial charge in [-0.05, 0) is 73.4 Å². The van der Waals surface area contributed by atoms with E-state index in [4.69, 9.17) is 4.74 Å².